The molecule has 0 spiro atoms. The number of carboxylic acids is 1. The number of aromatic nitrogens is 1. The van der Waals surface area contributed by atoms with Crippen LogP contribution in [0.3, 0.4) is 0 Å². The summed E-state index contributed by atoms with van der Waals surface area (Å²) in [7, 11) is 0. The maximum Gasteiger partial charge on any atom is 0.410 e. The number of carbonyl (C=O) groups excluding carboxylic acids is 2. The molecule has 6 rings (SSSR count). The number of amides is 2. The Labute approximate surface area is 343 Å². The summed E-state index contributed by atoms with van der Waals surface area (Å²) in [6.07, 6.45) is 2.51. The molecule has 1 aromatic heterocycles. The second kappa shape index (κ2) is 18.3. The monoisotopic (exact) mass is 809 g/mol. The first-order valence-electron chi connectivity index (χ1n) is 19.1. The van der Waals surface area contributed by atoms with Crippen LogP contribution in [0.1, 0.15) is 64.5 Å². The van der Waals surface area contributed by atoms with E-state index < -0.39 is 23.7 Å². The Balaban J connectivity index is 1.25. The lowest BCUT2D eigenvalue weighted by Crippen LogP contribution is -2.57. The van der Waals surface area contributed by atoms with E-state index in [1.54, 1.807) is 50.1 Å². The van der Waals surface area contributed by atoms with Crippen molar-refractivity contribution < 1.29 is 38.4 Å². The lowest BCUT2D eigenvalue weighted by atomic mass is 9.91. The Hall–Kier alpha value is -5.68. The molecule has 1 atom stereocenters. The second-order valence-electron chi connectivity index (χ2n) is 15.4. The summed E-state index contributed by atoms with van der Waals surface area (Å²) in [6.45, 7) is 12.3. The van der Waals surface area contributed by atoms with Gasteiger partial charge in [-0.15, -0.1) is 0 Å². The molecule has 304 valence electrons. The topological polar surface area (TPSA) is 155 Å². The van der Waals surface area contributed by atoms with Crippen LogP contribution in [-0.2, 0) is 34.0 Å². The number of aliphatic carboxylic acids is 1. The zero-order valence-corrected chi connectivity index (χ0v) is 34.2. The normalized spacial score (nSPS) is 16.1. The number of benzene rings is 3. The number of hydrogen-bond donors (Lipinski definition) is 1. The first-order valence-corrected chi connectivity index (χ1v) is 19.5. The van der Waals surface area contributed by atoms with Crippen LogP contribution < -0.4 is 9.47 Å². The molecule has 14 heteroatoms. The SMILES string of the molecule is Cc1c(COc2cc(OCc3cncc(C#N)c3)c(CN3CCN(C(=O)OC(C)(C)C)CC3C(=O)O)cc2Cl)cccc1-c1cccc(C(=O)N2CCOCC2)c1C. The molecule has 3 heterocycles. The van der Waals surface area contributed by atoms with Crippen molar-refractivity contribution in [2.75, 3.05) is 45.9 Å². The number of rotatable bonds is 11. The quantitative estimate of drug-likeness (QED) is 0.166. The first-order chi connectivity index (χ1) is 27.7. The fourth-order valence-electron chi connectivity index (χ4n) is 7.07. The number of nitriles is 1. The molecule has 2 amide bonds. The molecule has 58 heavy (non-hydrogen) atoms. The number of nitrogens with zero attached hydrogens (tertiary/aromatic N) is 5. The Morgan fingerprint density at radius 1 is 0.897 bits per heavy atom. The molecule has 2 aliphatic rings. The molecular formula is C44H48ClN5O8. The minimum atomic E-state index is -1.08. The first kappa shape index (κ1) is 41.9. The highest BCUT2D eigenvalue weighted by Gasteiger charge is 2.36. The zero-order chi connectivity index (χ0) is 41.6. The van der Waals surface area contributed by atoms with Gasteiger partial charge in [0.25, 0.3) is 5.91 Å². The predicted molar refractivity (Wildman–Crippen MR) is 217 cm³/mol. The summed E-state index contributed by atoms with van der Waals surface area (Å²) < 4.78 is 23.7. The number of halogens is 1. The molecule has 13 nitrogen and oxygen atoms in total. The minimum Gasteiger partial charge on any atom is -0.488 e. The van der Waals surface area contributed by atoms with E-state index in [2.05, 4.69) is 11.1 Å². The van der Waals surface area contributed by atoms with Gasteiger partial charge in [0.2, 0.25) is 0 Å². The standard InChI is InChI=1S/C44H48ClN5O8/c1-28-32(8-6-9-34(28)35-10-7-11-36(29(35)2)41(51)48-14-16-55-17-15-48)27-57-40-20-39(56-26-31-18-30(21-46)22-47-23-31)33(19-37(40)45)24-49-12-13-50(25-38(49)42(52)53)43(54)58-44(3,4)5/h6-11,18-20,22-23,38H,12-17,24-27H2,1-5H3,(H,52,53). The van der Waals surface area contributed by atoms with Crippen molar-refractivity contribution in [3.8, 4) is 28.7 Å². The fourth-order valence-corrected chi connectivity index (χ4v) is 7.31. The molecule has 0 bridgehead atoms. The van der Waals surface area contributed by atoms with E-state index in [1.165, 1.54) is 11.1 Å². The van der Waals surface area contributed by atoms with Crippen molar-refractivity contribution in [1.82, 2.24) is 19.7 Å². The van der Waals surface area contributed by atoms with E-state index in [0.717, 1.165) is 27.8 Å². The molecule has 2 saturated heterocycles. The summed E-state index contributed by atoms with van der Waals surface area (Å²) >= 11 is 6.89. The number of morpholine rings is 1. The summed E-state index contributed by atoms with van der Waals surface area (Å²) in [5.74, 6) is -0.327. The van der Waals surface area contributed by atoms with E-state index in [-0.39, 0.29) is 45.3 Å². The van der Waals surface area contributed by atoms with Crippen molar-refractivity contribution in [3.63, 3.8) is 0 Å². The van der Waals surface area contributed by atoms with Gasteiger partial charge < -0.3 is 33.9 Å². The lowest BCUT2D eigenvalue weighted by Gasteiger charge is -2.39. The number of carbonyl (C=O) groups is 3. The van der Waals surface area contributed by atoms with Crippen molar-refractivity contribution in [2.45, 2.75) is 66.0 Å². The number of pyridine rings is 1. The maximum absolute atomic E-state index is 13.5. The van der Waals surface area contributed by atoms with E-state index in [9.17, 15) is 24.8 Å². The third-order valence-corrected chi connectivity index (χ3v) is 10.5. The number of piperazine rings is 1. The molecule has 2 aliphatic heterocycles. The van der Waals surface area contributed by atoms with Gasteiger partial charge in [-0.25, -0.2) is 4.79 Å². The van der Waals surface area contributed by atoms with Gasteiger partial charge in [0.05, 0.1) is 30.3 Å². The largest absolute Gasteiger partial charge is 0.488 e. The van der Waals surface area contributed by atoms with E-state index in [1.807, 2.05) is 55.1 Å². The van der Waals surface area contributed by atoms with Crippen LogP contribution in [0.2, 0.25) is 5.02 Å². The van der Waals surface area contributed by atoms with Gasteiger partial charge in [0, 0.05) is 67.9 Å². The second-order valence-corrected chi connectivity index (χ2v) is 15.8. The van der Waals surface area contributed by atoms with Crippen LogP contribution in [0.25, 0.3) is 11.1 Å². The number of hydrogen-bond acceptors (Lipinski definition) is 10. The lowest BCUT2D eigenvalue weighted by molar-refractivity contribution is -0.145. The fraction of sp³-hybridized carbons (Fsp3) is 0.386. The van der Waals surface area contributed by atoms with Crippen molar-refractivity contribution in [2.24, 2.45) is 0 Å². The van der Waals surface area contributed by atoms with Crippen LogP contribution >= 0.6 is 11.6 Å². The third-order valence-electron chi connectivity index (χ3n) is 10.2. The van der Waals surface area contributed by atoms with E-state index >= 15 is 0 Å². The molecule has 1 unspecified atom stereocenters. The Kier molecular flexibility index (Phi) is 13.2. The van der Waals surface area contributed by atoms with E-state index in [0.29, 0.717) is 65.1 Å². The highest BCUT2D eigenvalue weighted by Crippen LogP contribution is 2.37. The van der Waals surface area contributed by atoms with Crippen molar-refractivity contribution in [3.05, 3.63) is 111 Å². The van der Waals surface area contributed by atoms with Gasteiger partial charge >= 0.3 is 12.1 Å². The molecule has 0 radical (unpaired) electrons. The smallest absolute Gasteiger partial charge is 0.410 e. The maximum atomic E-state index is 13.5. The van der Waals surface area contributed by atoms with Gasteiger partial charge in [-0.05, 0) is 80.6 Å². The van der Waals surface area contributed by atoms with Gasteiger partial charge in [0.15, 0.2) is 0 Å². The molecule has 4 aromatic rings. The number of carboxylic acid groups (broad SMARTS) is 1. The number of ether oxygens (including phenoxy) is 4. The van der Waals surface area contributed by atoms with Gasteiger partial charge in [-0.2, -0.15) is 5.26 Å². The van der Waals surface area contributed by atoms with Gasteiger partial charge in [0.1, 0.15) is 42.4 Å². The summed E-state index contributed by atoms with van der Waals surface area (Å²) in [5.41, 5.74) is 6.33. The van der Waals surface area contributed by atoms with Gasteiger partial charge in [-0.3, -0.25) is 19.5 Å². The Bertz CT molecular complexity index is 2210. The van der Waals surface area contributed by atoms with E-state index in [4.69, 9.17) is 30.5 Å². The predicted octanol–water partition coefficient (Wildman–Crippen LogP) is 7.03. The molecule has 0 aliphatic carbocycles. The highest BCUT2D eigenvalue weighted by atomic mass is 35.5. The molecular weight excluding hydrogens is 762 g/mol. The summed E-state index contributed by atoms with van der Waals surface area (Å²) in [4.78, 5) is 48.0. The highest BCUT2D eigenvalue weighted by molar-refractivity contribution is 6.32. The van der Waals surface area contributed by atoms with Crippen LogP contribution in [0.5, 0.6) is 11.5 Å². The van der Waals surface area contributed by atoms with Crippen LogP contribution in [0.4, 0.5) is 4.79 Å². The molecule has 3 aromatic carbocycles. The van der Waals surface area contributed by atoms with Crippen molar-refractivity contribution >= 4 is 29.6 Å². The summed E-state index contributed by atoms with van der Waals surface area (Å²) in [6, 6.07) is 17.9. The van der Waals surface area contributed by atoms with Gasteiger partial charge in [-0.1, -0.05) is 41.9 Å². The van der Waals surface area contributed by atoms with Crippen LogP contribution in [-0.4, -0.2) is 100 Å². The Morgan fingerprint density at radius 3 is 2.31 bits per heavy atom. The molecule has 0 saturated carbocycles. The summed E-state index contributed by atoms with van der Waals surface area (Å²) in [5, 5.41) is 19.9. The Morgan fingerprint density at radius 2 is 1.60 bits per heavy atom. The average Bonchev–Trinajstić information content (AvgIpc) is 3.20. The third kappa shape index (κ3) is 10.1. The van der Waals surface area contributed by atoms with Crippen LogP contribution in [0.15, 0.2) is 67.0 Å². The minimum absolute atomic E-state index is 0.00789. The van der Waals surface area contributed by atoms with Crippen molar-refractivity contribution in [1.29, 1.82) is 5.26 Å². The zero-order valence-electron chi connectivity index (χ0n) is 33.4. The average molecular weight is 810 g/mol. The molecule has 2 fully saturated rings. The molecule has 1 N–H and O–H groups in total. The van der Waals surface area contributed by atoms with Crippen LogP contribution in [0, 0.1) is 25.2 Å².